The van der Waals surface area contributed by atoms with Crippen LogP contribution in [-0.2, 0) is 20.7 Å². The van der Waals surface area contributed by atoms with E-state index >= 15 is 0 Å². The van der Waals surface area contributed by atoms with E-state index in [-0.39, 0.29) is 50.6 Å². The molecule has 0 heterocycles. The van der Waals surface area contributed by atoms with Crippen molar-refractivity contribution >= 4 is 39.0 Å². The lowest BCUT2D eigenvalue weighted by atomic mass is 10.0. The zero-order valence-electron chi connectivity index (χ0n) is 16.1. The van der Waals surface area contributed by atoms with Crippen LogP contribution < -0.4 is 11.1 Å². The number of aryl methyl sites for hydroxylation is 1. The standard InChI is InChI=1S/C12H14ClN3O6.C3H9NO3S/c13-5-4-8-2-3-9(15(19)20)10(11(8)16(21)22)12(18)14-6-1-7-17;1-8(5,6)7-3-2-4/h2-3,17H,1,4-7H2,(H,14,18);2-4H2,1H3. The van der Waals surface area contributed by atoms with Crippen LogP contribution in [-0.4, -0.2) is 67.7 Å². The lowest BCUT2D eigenvalue weighted by Crippen LogP contribution is -2.27. The number of aliphatic hydroxyl groups is 1. The number of nitrogens with zero attached hydrogens (tertiary/aromatic N) is 2. The van der Waals surface area contributed by atoms with Gasteiger partial charge in [0.1, 0.15) is 0 Å². The number of nitrogens with two attached hydrogens (primary N) is 1. The van der Waals surface area contributed by atoms with Gasteiger partial charge in [-0.05, 0) is 18.9 Å². The number of nitro benzene ring substituents is 2. The zero-order chi connectivity index (χ0) is 23.3. The maximum atomic E-state index is 12.1. The van der Waals surface area contributed by atoms with Gasteiger partial charge in [0.05, 0.1) is 22.7 Å². The van der Waals surface area contributed by atoms with E-state index in [0.29, 0.717) is 0 Å². The van der Waals surface area contributed by atoms with Gasteiger partial charge in [0.25, 0.3) is 27.4 Å². The van der Waals surface area contributed by atoms with Crippen LogP contribution in [0, 0.1) is 20.2 Å². The van der Waals surface area contributed by atoms with E-state index in [4.69, 9.17) is 22.4 Å². The predicted octanol–water partition coefficient (Wildman–Crippen LogP) is 0.318. The summed E-state index contributed by atoms with van der Waals surface area (Å²) in [7, 11) is -3.27. The van der Waals surface area contributed by atoms with Crippen molar-refractivity contribution in [2.75, 3.05) is 38.4 Å². The third-order valence-electron chi connectivity index (χ3n) is 3.25. The molecule has 1 aromatic carbocycles. The Kier molecular flexibility index (Phi) is 12.7. The van der Waals surface area contributed by atoms with Crippen molar-refractivity contribution in [1.82, 2.24) is 5.32 Å². The van der Waals surface area contributed by atoms with Crippen LogP contribution in [0.4, 0.5) is 11.4 Å². The number of amides is 1. The van der Waals surface area contributed by atoms with Gasteiger partial charge >= 0.3 is 0 Å². The van der Waals surface area contributed by atoms with E-state index in [1.165, 1.54) is 6.07 Å². The first-order valence-corrected chi connectivity index (χ1v) is 10.8. The summed E-state index contributed by atoms with van der Waals surface area (Å²) >= 11 is 5.56. The third-order valence-corrected chi connectivity index (χ3v) is 4.03. The minimum atomic E-state index is -3.27. The van der Waals surface area contributed by atoms with Crippen LogP contribution in [0.25, 0.3) is 0 Å². The minimum absolute atomic E-state index is 0.0450. The largest absolute Gasteiger partial charge is 0.396 e. The number of carbonyl (C=O) groups excluding carboxylic acids is 1. The van der Waals surface area contributed by atoms with Crippen molar-refractivity contribution in [3.8, 4) is 0 Å². The zero-order valence-corrected chi connectivity index (χ0v) is 17.6. The van der Waals surface area contributed by atoms with E-state index in [1.807, 2.05) is 0 Å². The van der Waals surface area contributed by atoms with Crippen LogP contribution in [0.3, 0.4) is 0 Å². The second kappa shape index (κ2) is 13.8. The molecule has 4 N–H and O–H groups in total. The molecule has 0 aliphatic heterocycles. The van der Waals surface area contributed by atoms with E-state index in [0.717, 1.165) is 12.3 Å². The number of rotatable bonds is 11. The molecule has 0 aliphatic rings. The van der Waals surface area contributed by atoms with Gasteiger partial charge in [0, 0.05) is 37.2 Å². The smallest absolute Gasteiger partial charge is 0.292 e. The number of halogens is 1. The average molecular weight is 471 g/mol. The molecule has 0 saturated heterocycles. The number of nitrogens with one attached hydrogen (secondary N) is 1. The molecule has 0 unspecified atom stereocenters. The molecule has 0 atom stereocenters. The number of alkyl halides is 1. The van der Waals surface area contributed by atoms with Gasteiger partial charge in [0.15, 0.2) is 5.56 Å². The number of carbonyl (C=O) groups is 1. The highest BCUT2D eigenvalue weighted by molar-refractivity contribution is 7.85. The van der Waals surface area contributed by atoms with Crippen LogP contribution in [0.5, 0.6) is 0 Å². The Morgan fingerprint density at radius 1 is 1.30 bits per heavy atom. The summed E-state index contributed by atoms with van der Waals surface area (Å²) in [6, 6.07) is 2.28. The molecule has 1 rings (SSSR count). The van der Waals surface area contributed by atoms with Gasteiger partial charge < -0.3 is 16.2 Å². The van der Waals surface area contributed by atoms with Crippen LogP contribution >= 0.6 is 11.6 Å². The number of aliphatic hydroxyl groups excluding tert-OH is 1. The summed E-state index contributed by atoms with van der Waals surface area (Å²) in [6.07, 6.45) is 1.32. The number of benzene rings is 1. The topological polar surface area (TPSA) is 205 Å². The summed E-state index contributed by atoms with van der Waals surface area (Å²) in [6.45, 7) is 0.159. The normalized spacial score (nSPS) is 10.7. The molecular formula is C15H23ClN4O9S. The number of hydrogen-bond donors (Lipinski definition) is 3. The molecule has 0 aliphatic carbocycles. The fourth-order valence-electron chi connectivity index (χ4n) is 2.08. The molecule has 0 spiro atoms. The number of nitro groups is 2. The molecule has 0 radical (unpaired) electrons. The lowest BCUT2D eigenvalue weighted by molar-refractivity contribution is -0.395. The van der Waals surface area contributed by atoms with Gasteiger partial charge in [-0.15, -0.1) is 11.6 Å². The Hall–Kier alpha value is -2.39. The van der Waals surface area contributed by atoms with Crippen LogP contribution in [0.1, 0.15) is 22.3 Å². The maximum Gasteiger partial charge on any atom is 0.292 e. The third kappa shape index (κ3) is 9.89. The molecule has 0 bridgehead atoms. The summed E-state index contributed by atoms with van der Waals surface area (Å²) in [4.78, 5) is 32.7. The lowest BCUT2D eigenvalue weighted by Gasteiger charge is -2.08. The van der Waals surface area contributed by atoms with Gasteiger partial charge in [-0.3, -0.25) is 29.2 Å². The van der Waals surface area contributed by atoms with E-state index in [2.05, 4.69) is 9.50 Å². The average Bonchev–Trinajstić information content (AvgIpc) is 2.65. The van der Waals surface area contributed by atoms with Crippen LogP contribution in [0.2, 0.25) is 0 Å². The first-order valence-electron chi connectivity index (χ1n) is 8.44. The first kappa shape index (κ1) is 27.6. The summed E-state index contributed by atoms with van der Waals surface area (Å²) in [5, 5.41) is 33.3. The van der Waals surface area contributed by atoms with E-state index in [9.17, 15) is 33.4 Å². The highest BCUT2D eigenvalue weighted by Gasteiger charge is 2.33. The van der Waals surface area contributed by atoms with Gasteiger partial charge in [-0.1, -0.05) is 0 Å². The number of hydrogen-bond acceptors (Lipinski definition) is 10. The van der Waals surface area contributed by atoms with Gasteiger partial charge in [-0.2, -0.15) is 8.42 Å². The molecule has 170 valence electrons. The Bertz CT molecular complexity index is 849. The van der Waals surface area contributed by atoms with Crippen molar-refractivity contribution in [3.63, 3.8) is 0 Å². The van der Waals surface area contributed by atoms with Crippen molar-refractivity contribution in [2.24, 2.45) is 5.73 Å². The second-order valence-electron chi connectivity index (χ2n) is 5.57. The van der Waals surface area contributed by atoms with Crippen molar-refractivity contribution in [1.29, 1.82) is 0 Å². The van der Waals surface area contributed by atoms with E-state index < -0.39 is 42.8 Å². The van der Waals surface area contributed by atoms with Gasteiger partial charge in [0.2, 0.25) is 0 Å². The van der Waals surface area contributed by atoms with Crippen molar-refractivity contribution < 1.29 is 32.3 Å². The molecule has 0 aromatic heterocycles. The molecule has 15 heteroatoms. The molecule has 30 heavy (non-hydrogen) atoms. The first-order chi connectivity index (χ1) is 14.0. The summed E-state index contributed by atoms with van der Waals surface area (Å²) in [5.74, 6) is -0.854. The summed E-state index contributed by atoms with van der Waals surface area (Å²) in [5.41, 5.74) is 3.23. The molecule has 13 nitrogen and oxygen atoms in total. The fourth-order valence-corrected chi connectivity index (χ4v) is 2.68. The van der Waals surface area contributed by atoms with Crippen molar-refractivity contribution in [2.45, 2.75) is 12.8 Å². The molecule has 1 aromatic rings. The van der Waals surface area contributed by atoms with Crippen molar-refractivity contribution in [3.05, 3.63) is 43.5 Å². The quantitative estimate of drug-likeness (QED) is 0.133. The maximum absolute atomic E-state index is 12.1. The van der Waals surface area contributed by atoms with Crippen LogP contribution in [0.15, 0.2) is 12.1 Å². The second-order valence-corrected chi connectivity index (χ2v) is 7.59. The Morgan fingerprint density at radius 3 is 2.33 bits per heavy atom. The molecular weight excluding hydrogens is 448 g/mol. The fraction of sp³-hybridized carbons (Fsp3) is 0.533. The predicted molar refractivity (Wildman–Crippen MR) is 108 cm³/mol. The molecule has 0 saturated carbocycles. The monoisotopic (exact) mass is 470 g/mol. The SMILES string of the molecule is CS(=O)(=O)OCCN.O=C(NCCCO)c1c([N+](=O)[O-])ccc(CCCl)c1[N+](=O)[O-]. The van der Waals surface area contributed by atoms with E-state index in [1.54, 1.807) is 0 Å². The Balaban J connectivity index is 0.000000890. The minimum Gasteiger partial charge on any atom is -0.396 e. The molecule has 0 fully saturated rings. The summed E-state index contributed by atoms with van der Waals surface area (Å²) < 4.78 is 24.5. The molecule has 1 amide bonds. The highest BCUT2D eigenvalue weighted by Crippen LogP contribution is 2.32. The Labute approximate surface area is 177 Å². The Morgan fingerprint density at radius 2 is 1.93 bits per heavy atom. The highest BCUT2D eigenvalue weighted by atomic mass is 35.5. The van der Waals surface area contributed by atoms with Gasteiger partial charge in [-0.25, -0.2) is 0 Å².